The Morgan fingerprint density at radius 3 is 2.50 bits per heavy atom. The van der Waals surface area contributed by atoms with Crippen LogP contribution in [0.15, 0.2) is 94.6 Å². The zero-order valence-corrected chi connectivity index (χ0v) is 23.3. The molecule has 1 atom stereocenters. The zero-order valence-electron chi connectivity index (χ0n) is 23.3. The lowest BCUT2D eigenvalue weighted by Gasteiger charge is -2.30. The van der Waals surface area contributed by atoms with Gasteiger partial charge in [-0.15, -0.1) is 0 Å². The molecule has 4 aromatic rings. The predicted molar refractivity (Wildman–Crippen MR) is 156 cm³/mol. The Morgan fingerprint density at radius 2 is 1.71 bits per heavy atom. The minimum Gasteiger partial charge on any atom is -0.503 e. The largest absolute Gasteiger partial charge is 0.503 e. The number of hydrogen-bond donors (Lipinski definition) is 1. The summed E-state index contributed by atoms with van der Waals surface area (Å²) in [6.07, 6.45) is 0.666. The van der Waals surface area contributed by atoms with Gasteiger partial charge in [0.1, 0.15) is 11.5 Å². The smallest absolute Gasteiger partial charge is 0.290 e. The van der Waals surface area contributed by atoms with E-state index in [-0.39, 0.29) is 11.3 Å². The summed E-state index contributed by atoms with van der Waals surface area (Å²) in [5, 5.41) is 11.8. The van der Waals surface area contributed by atoms with Gasteiger partial charge in [-0.2, -0.15) is 0 Å². The summed E-state index contributed by atoms with van der Waals surface area (Å²) in [6.45, 7) is 4.15. The molecule has 1 unspecified atom stereocenters. The van der Waals surface area contributed by atoms with Gasteiger partial charge in [-0.25, -0.2) is 0 Å². The van der Waals surface area contributed by atoms with Crippen molar-refractivity contribution in [1.82, 2.24) is 9.80 Å². The third-order valence-electron chi connectivity index (χ3n) is 7.63. The number of ketones is 1. The lowest BCUT2D eigenvalue weighted by atomic mass is 9.94. The van der Waals surface area contributed by atoms with Crippen LogP contribution in [0.4, 0.5) is 0 Å². The van der Waals surface area contributed by atoms with Crippen LogP contribution >= 0.6 is 0 Å². The van der Waals surface area contributed by atoms with Crippen LogP contribution in [0.1, 0.15) is 28.6 Å². The molecule has 9 heteroatoms. The maximum absolute atomic E-state index is 14.0. The van der Waals surface area contributed by atoms with Crippen molar-refractivity contribution in [1.29, 1.82) is 0 Å². The topological polar surface area (TPSA) is 102 Å². The molecule has 1 amide bonds. The van der Waals surface area contributed by atoms with Crippen LogP contribution in [0.25, 0.3) is 11.0 Å². The highest BCUT2D eigenvalue weighted by Crippen LogP contribution is 2.41. The lowest BCUT2D eigenvalue weighted by molar-refractivity contribution is -0.129. The van der Waals surface area contributed by atoms with E-state index in [1.807, 2.05) is 54.6 Å². The lowest BCUT2D eigenvalue weighted by Crippen LogP contribution is -2.39. The molecule has 0 spiro atoms. The molecule has 0 aliphatic carbocycles. The number of nitrogens with zero attached hydrogens (tertiary/aromatic N) is 2. The summed E-state index contributed by atoms with van der Waals surface area (Å²) >= 11 is 0. The second-order valence-corrected chi connectivity index (χ2v) is 10.3. The highest BCUT2D eigenvalue weighted by atomic mass is 16.5. The van der Waals surface area contributed by atoms with Gasteiger partial charge in [-0.05, 0) is 48.4 Å². The van der Waals surface area contributed by atoms with Gasteiger partial charge >= 0.3 is 0 Å². The monoisotopic (exact) mass is 568 g/mol. The van der Waals surface area contributed by atoms with E-state index in [1.54, 1.807) is 29.2 Å². The first-order chi connectivity index (χ1) is 20.5. The molecular formula is C33H32N2O7. The van der Waals surface area contributed by atoms with Crippen LogP contribution in [-0.4, -0.2) is 73.1 Å². The van der Waals surface area contributed by atoms with Gasteiger partial charge in [0.25, 0.3) is 5.91 Å². The van der Waals surface area contributed by atoms with Crippen molar-refractivity contribution in [3.63, 3.8) is 0 Å². The molecule has 3 heterocycles. The van der Waals surface area contributed by atoms with E-state index in [0.29, 0.717) is 60.0 Å². The number of methoxy groups -OCH3 is 1. The van der Waals surface area contributed by atoms with Crippen molar-refractivity contribution in [3.8, 4) is 17.2 Å². The Morgan fingerprint density at radius 1 is 0.952 bits per heavy atom. The quantitative estimate of drug-likeness (QED) is 0.249. The van der Waals surface area contributed by atoms with Gasteiger partial charge in [-0.3, -0.25) is 14.5 Å². The molecule has 0 radical (unpaired) electrons. The molecule has 1 saturated heterocycles. The maximum Gasteiger partial charge on any atom is 0.290 e. The number of amides is 1. The number of aliphatic hydroxyl groups is 1. The number of furan rings is 1. The summed E-state index contributed by atoms with van der Waals surface area (Å²) in [5.41, 5.74) is 1.04. The highest BCUT2D eigenvalue weighted by Gasteiger charge is 2.44. The number of carbonyl (C=O) groups excluding carboxylic acids is 2. The second kappa shape index (κ2) is 12.1. The summed E-state index contributed by atoms with van der Waals surface area (Å²) in [6, 6.07) is 22.8. The van der Waals surface area contributed by atoms with E-state index in [0.717, 1.165) is 19.6 Å². The third kappa shape index (κ3) is 5.48. The van der Waals surface area contributed by atoms with Crippen molar-refractivity contribution < 1.29 is 33.3 Å². The van der Waals surface area contributed by atoms with Crippen molar-refractivity contribution >= 4 is 22.7 Å². The number of ether oxygens (including phenoxy) is 3. The number of fused-ring (bicyclic) bond motifs is 1. The van der Waals surface area contributed by atoms with Crippen LogP contribution in [0.2, 0.25) is 0 Å². The summed E-state index contributed by atoms with van der Waals surface area (Å²) < 4.78 is 22.8. The van der Waals surface area contributed by atoms with Crippen molar-refractivity contribution in [2.45, 2.75) is 12.5 Å². The molecule has 3 aromatic carbocycles. The molecule has 0 bridgehead atoms. The van der Waals surface area contributed by atoms with Gasteiger partial charge in [-0.1, -0.05) is 42.5 Å². The fourth-order valence-electron chi connectivity index (χ4n) is 5.57. The van der Waals surface area contributed by atoms with Gasteiger partial charge in [0, 0.05) is 31.6 Å². The van der Waals surface area contributed by atoms with E-state index in [2.05, 4.69) is 4.90 Å². The molecule has 1 fully saturated rings. The van der Waals surface area contributed by atoms with E-state index in [1.165, 1.54) is 7.11 Å². The average molecular weight is 569 g/mol. The SMILES string of the molecule is COc1cccc2cc(C(=O)C3=C(O)C(=O)N(CCCN4CCOCC4)C3c3cccc(Oc4ccccc4)c3)oc12. The molecule has 1 aromatic heterocycles. The van der Waals surface area contributed by atoms with Gasteiger partial charge in [0.2, 0.25) is 5.78 Å². The van der Waals surface area contributed by atoms with Gasteiger partial charge in [0.05, 0.1) is 31.9 Å². The number of para-hydroxylation sites is 2. The van der Waals surface area contributed by atoms with Crippen LogP contribution in [0.5, 0.6) is 17.2 Å². The fraction of sp³-hybridized carbons (Fsp3) is 0.273. The number of aliphatic hydroxyl groups excluding tert-OH is 1. The normalized spacial score (nSPS) is 17.7. The molecule has 2 aliphatic heterocycles. The first kappa shape index (κ1) is 27.6. The van der Waals surface area contributed by atoms with E-state index < -0.39 is 23.5 Å². The predicted octanol–water partition coefficient (Wildman–Crippen LogP) is 5.53. The molecule has 1 N–H and O–H groups in total. The molecule has 9 nitrogen and oxygen atoms in total. The average Bonchev–Trinajstić information content (AvgIpc) is 3.57. The first-order valence-corrected chi connectivity index (χ1v) is 14.0. The maximum atomic E-state index is 14.0. The summed E-state index contributed by atoms with van der Waals surface area (Å²) in [7, 11) is 1.53. The minimum absolute atomic E-state index is 0.0145. The van der Waals surface area contributed by atoms with Gasteiger partial charge in [0.15, 0.2) is 22.9 Å². The number of carbonyl (C=O) groups is 2. The Labute approximate surface area is 243 Å². The van der Waals surface area contributed by atoms with Crippen LogP contribution < -0.4 is 9.47 Å². The number of Topliss-reactive ketones (excluding diaryl/α,β-unsaturated/α-hetero) is 1. The van der Waals surface area contributed by atoms with Crippen LogP contribution in [0.3, 0.4) is 0 Å². The Kier molecular flexibility index (Phi) is 7.94. The van der Waals surface area contributed by atoms with E-state index in [4.69, 9.17) is 18.6 Å². The Hall–Kier alpha value is -4.60. The standard InChI is InChI=1S/C33H32N2O7/c1-39-26-13-6-9-23-21-27(42-32(23)26)30(36)28-29(22-8-5-12-25(20-22)41-24-10-3-2-4-11-24)35(33(38)31(28)37)15-7-14-34-16-18-40-19-17-34/h2-6,8-13,20-21,29,37H,7,14-19H2,1H3. The minimum atomic E-state index is -0.830. The number of rotatable bonds is 10. The number of hydrogen-bond acceptors (Lipinski definition) is 8. The molecule has 42 heavy (non-hydrogen) atoms. The zero-order chi connectivity index (χ0) is 29.1. The van der Waals surface area contributed by atoms with Crippen LogP contribution in [0, 0.1) is 0 Å². The number of benzene rings is 3. The Balaban J connectivity index is 1.34. The highest BCUT2D eigenvalue weighted by molar-refractivity contribution is 6.16. The summed E-state index contributed by atoms with van der Waals surface area (Å²) in [4.78, 5) is 31.4. The molecule has 0 saturated carbocycles. The molecule has 2 aliphatic rings. The Bertz CT molecular complexity index is 1620. The van der Waals surface area contributed by atoms with Gasteiger partial charge < -0.3 is 28.6 Å². The van der Waals surface area contributed by atoms with Crippen LogP contribution in [-0.2, 0) is 9.53 Å². The van der Waals surface area contributed by atoms with Crippen molar-refractivity contribution in [2.24, 2.45) is 0 Å². The van der Waals surface area contributed by atoms with E-state index >= 15 is 0 Å². The molecule has 216 valence electrons. The summed E-state index contributed by atoms with van der Waals surface area (Å²) in [5.74, 6) is -0.0164. The van der Waals surface area contributed by atoms with Crippen molar-refractivity contribution in [3.05, 3.63) is 102 Å². The first-order valence-electron chi connectivity index (χ1n) is 14.0. The third-order valence-corrected chi connectivity index (χ3v) is 7.63. The fourth-order valence-corrected chi connectivity index (χ4v) is 5.57. The van der Waals surface area contributed by atoms with E-state index in [9.17, 15) is 14.7 Å². The van der Waals surface area contributed by atoms with Crippen molar-refractivity contribution in [2.75, 3.05) is 46.5 Å². The second-order valence-electron chi connectivity index (χ2n) is 10.3. The number of morpholine rings is 1. The molecular weight excluding hydrogens is 536 g/mol. The molecule has 6 rings (SSSR count).